The molecule has 0 aromatic heterocycles. The summed E-state index contributed by atoms with van der Waals surface area (Å²) in [4.78, 5) is 23.2. The zero-order valence-corrected chi connectivity index (χ0v) is 15.8. The molecule has 0 saturated heterocycles. The number of hydrogen-bond donors (Lipinski definition) is 0. The van der Waals surface area contributed by atoms with E-state index < -0.39 is 19.3 Å². The van der Waals surface area contributed by atoms with E-state index in [1.165, 1.54) is 12.2 Å². The molecule has 0 N–H and O–H groups in total. The van der Waals surface area contributed by atoms with Crippen LogP contribution >= 0.6 is 68.4 Å². The molecule has 0 fully saturated rings. The molecule has 0 bridgehead atoms. The number of hydrogen-bond acceptors (Lipinski definition) is 2. The third-order valence-electron chi connectivity index (χ3n) is 3.12. The molecule has 0 heterocycles. The monoisotopic (exact) mass is 532 g/mol. The predicted molar refractivity (Wildman–Crippen MR) is 97.5 cm³/mol. The molecular formula is C14H8Cl2I2O2. The summed E-state index contributed by atoms with van der Waals surface area (Å²) in [5.74, 6) is 0. The fraction of sp³-hybridized carbons (Fsp3) is 0.143. The molecule has 0 saturated carbocycles. The van der Waals surface area contributed by atoms with Crippen molar-refractivity contribution >= 4 is 78.9 Å². The van der Waals surface area contributed by atoms with E-state index in [-0.39, 0.29) is 0 Å². The summed E-state index contributed by atoms with van der Waals surface area (Å²) in [6, 6.07) is 9.79. The SMILES string of the molecule is O=C(Cl)C1(C(=O)Cl)C=CC(I)(c2ccccc2)C(I)=C1. The van der Waals surface area contributed by atoms with Gasteiger partial charge in [-0.15, -0.1) is 0 Å². The van der Waals surface area contributed by atoms with Gasteiger partial charge in [-0.05, 0) is 57.4 Å². The Kier molecular flexibility index (Phi) is 4.98. The van der Waals surface area contributed by atoms with Gasteiger partial charge in [-0.2, -0.15) is 0 Å². The van der Waals surface area contributed by atoms with Crippen LogP contribution in [0.2, 0.25) is 0 Å². The first-order valence-corrected chi connectivity index (χ1v) is 8.48. The number of rotatable bonds is 3. The standard InChI is InChI=1S/C14H8Cl2I2O2/c15-11(19)13(12(16)20)6-7-14(18,10(17)8-13)9-4-2-1-3-5-9/h1-8H. The Bertz CT molecular complexity index is 611. The van der Waals surface area contributed by atoms with Crippen molar-refractivity contribution in [1.82, 2.24) is 0 Å². The zero-order chi connectivity index (χ0) is 15.0. The van der Waals surface area contributed by atoms with Gasteiger partial charge in [0.15, 0.2) is 5.41 Å². The minimum atomic E-state index is -1.57. The highest BCUT2D eigenvalue weighted by Crippen LogP contribution is 2.50. The second kappa shape index (κ2) is 6.06. The van der Waals surface area contributed by atoms with Gasteiger partial charge in [0.05, 0.1) is 3.42 Å². The van der Waals surface area contributed by atoms with E-state index in [1.54, 1.807) is 6.08 Å². The summed E-state index contributed by atoms with van der Waals surface area (Å²) in [5.41, 5.74) is -0.515. The Labute approximate surface area is 153 Å². The normalized spacial score (nSPS) is 24.1. The van der Waals surface area contributed by atoms with E-state index in [1.807, 2.05) is 30.3 Å². The fourth-order valence-electron chi connectivity index (χ4n) is 1.92. The lowest BCUT2D eigenvalue weighted by Crippen LogP contribution is -2.35. The van der Waals surface area contributed by atoms with Crippen LogP contribution in [0.3, 0.4) is 0 Å². The van der Waals surface area contributed by atoms with Crippen LogP contribution in [-0.2, 0) is 13.0 Å². The smallest absolute Gasteiger partial charge is 0.244 e. The number of benzene rings is 1. The summed E-state index contributed by atoms with van der Waals surface area (Å²) in [6.45, 7) is 0. The first-order valence-electron chi connectivity index (χ1n) is 5.56. The van der Waals surface area contributed by atoms with Crippen LogP contribution in [0.5, 0.6) is 0 Å². The molecule has 104 valence electrons. The van der Waals surface area contributed by atoms with Crippen molar-refractivity contribution in [1.29, 1.82) is 0 Å². The molecule has 0 amide bonds. The number of carbonyl (C=O) groups excluding carboxylic acids is 2. The maximum Gasteiger partial charge on any atom is 0.244 e. The van der Waals surface area contributed by atoms with Crippen LogP contribution < -0.4 is 0 Å². The second-order valence-electron chi connectivity index (χ2n) is 4.32. The molecule has 2 nitrogen and oxygen atoms in total. The summed E-state index contributed by atoms with van der Waals surface area (Å²) >= 11 is 15.5. The first kappa shape index (κ1) is 16.5. The predicted octanol–water partition coefficient (Wildman–Crippen LogP) is 4.72. The molecule has 0 aliphatic heterocycles. The van der Waals surface area contributed by atoms with E-state index in [2.05, 4.69) is 45.2 Å². The average Bonchev–Trinajstić information content (AvgIpc) is 2.42. The van der Waals surface area contributed by atoms with Crippen LogP contribution in [0, 0.1) is 5.41 Å². The van der Waals surface area contributed by atoms with Gasteiger partial charge in [-0.1, -0.05) is 65.1 Å². The Hall–Kier alpha value is 0.0800. The van der Waals surface area contributed by atoms with Gasteiger partial charge in [0.2, 0.25) is 10.5 Å². The molecule has 1 aromatic rings. The van der Waals surface area contributed by atoms with Crippen LogP contribution in [-0.4, -0.2) is 10.5 Å². The van der Waals surface area contributed by atoms with E-state index in [0.717, 1.165) is 9.14 Å². The minimum absolute atomic E-state index is 0.429. The molecule has 0 radical (unpaired) electrons. The van der Waals surface area contributed by atoms with Gasteiger partial charge in [0, 0.05) is 3.58 Å². The van der Waals surface area contributed by atoms with Gasteiger partial charge < -0.3 is 0 Å². The molecule has 1 aromatic carbocycles. The number of allylic oxidation sites excluding steroid dienone is 4. The largest absolute Gasteiger partial charge is 0.279 e. The number of alkyl halides is 1. The molecule has 0 spiro atoms. The van der Waals surface area contributed by atoms with Gasteiger partial charge in [-0.3, -0.25) is 9.59 Å². The lowest BCUT2D eigenvalue weighted by Gasteiger charge is -2.32. The molecule has 1 unspecified atom stereocenters. The Balaban J connectivity index is 2.54. The lowest BCUT2D eigenvalue weighted by atomic mass is 9.81. The van der Waals surface area contributed by atoms with Crippen molar-refractivity contribution in [3.8, 4) is 0 Å². The van der Waals surface area contributed by atoms with Gasteiger partial charge in [-0.25, -0.2) is 0 Å². The van der Waals surface area contributed by atoms with Gasteiger partial charge in [0.25, 0.3) is 0 Å². The van der Waals surface area contributed by atoms with Crippen molar-refractivity contribution in [3.63, 3.8) is 0 Å². The van der Waals surface area contributed by atoms with Crippen LogP contribution in [0.1, 0.15) is 5.56 Å². The van der Waals surface area contributed by atoms with E-state index in [9.17, 15) is 9.59 Å². The van der Waals surface area contributed by atoms with Gasteiger partial charge in [0.1, 0.15) is 0 Å². The molecule has 1 atom stereocenters. The summed E-state index contributed by atoms with van der Waals surface area (Å²) in [6.07, 6.45) is 4.82. The second-order valence-corrected chi connectivity index (χ2v) is 7.87. The lowest BCUT2D eigenvalue weighted by molar-refractivity contribution is -0.125. The first-order chi connectivity index (χ1) is 9.33. The van der Waals surface area contributed by atoms with Crippen LogP contribution in [0.25, 0.3) is 0 Å². The molecule has 20 heavy (non-hydrogen) atoms. The molecule has 1 aliphatic rings. The Morgan fingerprint density at radius 1 is 1.00 bits per heavy atom. The van der Waals surface area contributed by atoms with Crippen molar-refractivity contribution in [2.24, 2.45) is 5.41 Å². The molecule has 1 aliphatic carbocycles. The highest BCUT2D eigenvalue weighted by molar-refractivity contribution is 14.1. The topological polar surface area (TPSA) is 34.1 Å². The third-order valence-corrected chi connectivity index (χ3v) is 7.51. The number of carbonyl (C=O) groups is 2. The maximum atomic E-state index is 11.6. The fourth-order valence-corrected chi connectivity index (χ4v) is 4.05. The molecular weight excluding hydrogens is 525 g/mol. The average molecular weight is 533 g/mol. The van der Waals surface area contributed by atoms with E-state index in [4.69, 9.17) is 23.2 Å². The van der Waals surface area contributed by atoms with E-state index >= 15 is 0 Å². The molecule has 6 heteroatoms. The summed E-state index contributed by atoms with van der Waals surface area (Å²) < 4.78 is 0.384. The highest BCUT2D eigenvalue weighted by atomic mass is 127. The van der Waals surface area contributed by atoms with E-state index in [0.29, 0.717) is 0 Å². The van der Waals surface area contributed by atoms with Crippen LogP contribution in [0.4, 0.5) is 0 Å². The van der Waals surface area contributed by atoms with Gasteiger partial charge >= 0.3 is 0 Å². The zero-order valence-electron chi connectivity index (χ0n) is 9.95. The van der Waals surface area contributed by atoms with Crippen molar-refractivity contribution in [2.45, 2.75) is 3.42 Å². The minimum Gasteiger partial charge on any atom is -0.279 e. The quantitative estimate of drug-likeness (QED) is 0.186. The summed E-state index contributed by atoms with van der Waals surface area (Å²) in [7, 11) is 0. The maximum absolute atomic E-state index is 11.6. The van der Waals surface area contributed by atoms with Crippen LogP contribution in [0.15, 0.2) is 52.1 Å². The summed E-state index contributed by atoms with van der Waals surface area (Å²) in [5, 5.41) is -1.59. The highest BCUT2D eigenvalue weighted by Gasteiger charge is 2.46. The molecule has 2 rings (SSSR count). The Morgan fingerprint density at radius 3 is 2.00 bits per heavy atom. The van der Waals surface area contributed by atoms with Crippen molar-refractivity contribution in [2.75, 3.05) is 0 Å². The Morgan fingerprint density at radius 2 is 1.55 bits per heavy atom. The van der Waals surface area contributed by atoms with Crippen molar-refractivity contribution < 1.29 is 9.59 Å². The number of halogens is 4. The third kappa shape index (κ3) is 2.71. The van der Waals surface area contributed by atoms with Crippen molar-refractivity contribution in [3.05, 3.63) is 57.7 Å².